The van der Waals surface area contributed by atoms with Crippen molar-refractivity contribution >= 4 is 5.96 Å². The maximum atomic E-state index is 13.7. The van der Waals surface area contributed by atoms with Crippen LogP contribution in [0.3, 0.4) is 0 Å². The van der Waals surface area contributed by atoms with Gasteiger partial charge in [0.15, 0.2) is 5.96 Å². The molecule has 0 bridgehead atoms. The number of benzene rings is 2. The predicted molar refractivity (Wildman–Crippen MR) is 111 cm³/mol. The molecule has 0 aliphatic heterocycles. The molecule has 2 aromatic carbocycles. The summed E-state index contributed by atoms with van der Waals surface area (Å²) in [6.45, 7) is 6.45. The molecule has 0 saturated carbocycles. The summed E-state index contributed by atoms with van der Waals surface area (Å²) in [4.78, 5) is 8.62. The highest BCUT2D eigenvalue weighted by atomic mass is 19.1. The highest BCUT2D eigenvalue weighted by Crippen LogP contribution is 2.10. The van der Waals surface area contributed by atoms with E-state index in [0.29, 0.717) is 24.6 Å². The van der Waals surface area contributed by atoms with Crippen LogP contribution in [-0.2, 0) is 19.6 Å². The lowest BCUT2D eigenvalue weighted by Crippen LogP contribution is -2.36. The fourth-order valence-electron chi connectivity index (χ4n) is 2.79. The van der Waals surface area contributed by atoms with Crippen molar-refractivity contribution in [3.05, 3.63) is 89.3 Å². The third-order valence-electron chi connectivity index (χ3n) is 4.41. The Bertz CT molecular complexity index is 901. The van der Waals surface area contributed by atoms with Crippen LogP contribution in [0.25, 0.3) is 0 Å². The Morgan fingerprint density at radius 1 is 1.07 bits per heavy atom. The molecule has 0 spiro atoms. The molecular formula is C22H26FN5. The van der Waals surface area contributed by atoms with E-state index >= 15 is 0 Å². The normalized spacial score (nSPS) is 11.5. The van der Waals surface area contributed by atoms with Gasteiger partial charge in [0, 0.05) is 32.0 Å². The molecule has 6 heteroatoms. The van der Waals surface area contributed by atoms with Gasteiger partial charge in [-0.25, -0.2) is 14.4 Å². The molecule has 0 saturated heterocycles. The zero-order chi connectivity index (χ0) is 19.8. The largest absolute Gasteiger partial charge is 0.357 e. The molecule has 0 aliphatic rings. The molecule has 1 heterocycles. The topological polar surface area (TPSA) is 54.2 Å². The Balaban J connectivity index is 1.57. The highest BCUT2D eigenvalue weighted by molar-refractivity contribution is 5.79. The zero-order valence-electron chi connectivity index (χ0n) is 16.3. The fourth-order valence-corrected chi connectivity index (χ4v) is 2.79. The summed E-state index contributed by atoms with van der Waals surface area (Å²) in [6, 6.07) is 13.7. The minimum absolute atomic E-state index is 0.193. The van der Waals surface area contributed by atoms with Gasteiger partial charge in [0.25, 0.3) is 0 Å². The second-order valence-corrected chi connectivity index (χ2v) is 6.68. The highest BCUT2D eigenvalue weighted by Gasteiger charge is 2.02. The zero-order valence-corrected chi connectivity index (χ0v) is 16.3. The molecule has 0 amide bonds. The molecule has 0 aliphatic carbocycles. The molecule has 0 atom stereocenters. The van der Waals surface area contributed by atoms with E-state index in [4.69, 9.17) is 0 Å². The van der Waals surface area contributed by atoms with Crippen LogP contribution in [0, 0.1) is 12.7 Å². The smallest absolute Gasteiger partial charge is 0.191 e. The Kier molecular flexibility index (Phi) is 6.78. The van der Waals surface area contributed by atoms with E-state index in [-0.39, 0.29) is 5.82 Å². The third-order valence-corrected chi connectivity index (χ3v) is 4.41. The molecule has 0 fully saturated rings. The summed E-state index contributed by atoms with van der Waals surface area (Å²) in [5, 5.41) is 6.55. The Morgan fingerprint density at radius 3 is 2.50 bits per heavy atom. The SMILES string of the molecule is CCNC(=NCc1ccc(C)c(F)c1)NCc1ccc(Cn2ccnc2)cc1. The van der Waals surface area contributed by atoms with Gasteiger partial charge in [-0.2, -0.15) is 0 Å². The summed E-state index contributed by atoms with van der Waals surface area (Å²) >= 11 is 0. The summed E-state index contributed by atoms with van der Waals surface area (Å²) in [7, 11) is 0. The van der Waals surface area contributed by atoms with Crippen molar-refractivity contribution in [2.75, 3.05) is 6.54 Å². The van der Waals surface area contributed by atoms with Crippen LogP contribution in [0.5, 0.6) is 0 Å². The van der Waals surface area contributed by atoms with Crippen LogP contribution >= 0.6 is 0 Å². The Morgan fingerprint density at radius 2 is 1.82 bits per heavy atom. The van der Waals surface area contributed by atoms with E-state index in [9.17, 15) is 4.39 Å². The summed E-state index contributed by atoms with van der Waals surface area (Å²) in [6.07, 6.45) is 5.55. The second kappa shape index (κ2) is 9.69. The lowest BCUT2D eigenvalue weighted by Gasteiger charge is -2.12. The van der Waals surface area contributed by atoms with E-state index < -0.39 is 0 Å². The molecule has 5 nitrogen and oxygen atoms in total. The van der Waals surface area contributed by atoms with E-state index in [2.05, 4.69) is 44.9 Å². The maximum Gasteiger partial charge on any atom is 0.191 e. The number of aryl methyl sites for hydroxylation is 1. The summed E-state index contributed by atoms with van der Waals surface area (Å²) in [5.41, 5.74) is 3.89. The minimum Gasteiger partial charge on any atom is -0.357 e. The van der Waals surface area contributed by atoms with Crippen molar-refractivity contribution in [1.82, 2.24) is 20.2 Å². The number of guanidine groups is 1. The molecule has 3 rings (SSSR count). The molecule has 28 heavy (non-hydrogen) atoms. The number of hydrogen-bond acceptors (Lipinski definition) is 2. The first-order chi connectivity index (χ1) is 13.6. The van der Waals surface area contributed by atoms with Gasteiger partial charge >= 0.3 is 0 Å². The van der Waals surface area contributed by atoms with E-state index in [1.54, 1.807) is 25.3 Å². The summed E-state index contributed by atoms with van der Waals surface area (Å²) in [5.74, 6) is 0.521. The van der Waals surface area contributed by atoms with Crippen LogP contribution in [0.2, 0.25) is 0 Å². The fraction of sp³-hybridized carbons (Fsp3) is 0.273. The van der Waals surface area contributed by atoms with Gasteiger partial charge in [-0.05, 0) is 42.2 Å². The van der Waals surface area contributed by atoms with Crippen molar-refractivity contribution in [2.45, 2.75) is 33.5 Å². The molecule has 2 N–H and O–H groups in total. The number of aliphatic imine (C=N–C) groups is 1. The van der Waals surface area contributed by atoms with Gasteiger partial charge in [0.1, 0.15) is 5.82 Å². The van der Waals surface area contributed by atoms with E-state index in [1.165, 1.54) is 11.1 Å². The maximum absolute atomic E-state index is 13.7. The lowest BCUT2D eigenvalue weighted by atomic mass is 10.1. The average molecular weight is 379 g/mol. The molecule has 3 aromatic rings. The Labute approximate surface area is 165 Å². The molecular weight excluding hydrogens is 353 g/mol. The van der Waals surface area contributed by atoms with Gasteiger partial charge in [0.05, 0.1) is 12.9 Å². The first-order valence-corrected chi connectivity index (χ1v) is 9.45. The molecule has 0 unspecified atom stereocenters. The van der Waals surface area contributed by atoms with Crippen LogP contribution in [0.15, 0.2) is 66.2 Å². The number of imidazole rings is 1. The average Bonchev–Trinajstić information content (AvgIpc) is 3.21. The van der Waals surface area contributed by atoms with Crippen molar-refractivity contribution in [3.8, 4) is 0 Å². The van der Waals surface area contributed by atoms with Crippen molar-refractivity contribution in [1.29, 1.82) is 0 Å². The standard InChI is InChI=1S/C22H26FN5/c1-3-25-22(27-14-20-5-4-17(2)21(23)12-20)26-13-18-6-8-19(9-7-18)15-28-11-10-24-16-28/h4-12,16H,3,13-15H2,1-2H3,(H2,25,26,27). The van der Waals surface area contributed by atoms with Crippen LogP contribution in [0.4, 0.5) is 4.39 Å². The predicted octanol–water partition coefficient (Wildman–Crippen LogP) is 3.63. The van der Waals surface area contributed by atoms with Gasteiger partial charge in [-0.1, -0.05) is 36.4 Å². The Hall–Kier alpha value is -3.15. The first kappa shape index (κ1) is 19.6. The quantitative estimate of drug-likeness (QED) is 0.487. The molecule has 0 radical (unpaired) electrons. The molecule has 146 valence electrons. The number of hydrogen-bond donors (Lipinski definition) is 2. The number of nitrogens with one attached hydrogen (secondary N) is 2. The van der Waals surface area contributed by atoms with E-state index in [0.717, 1.165) is 18.7 Å². The first-order valence-electron chi connectivity index (χ1n) is 9.45. The number of rotatable bonds is 7. The summed E-state index contributed by atoms with van der Waals surface area (Å²) < 4.78 is 15.7. The monoisotopic (exact) mass is 379 g/mol. The van der Waals surface area contributed by atoms with Gasteiger partial charge in [0.2, 0.25) is 0 Å². The van der Waals surface area contributed by atoms with Crippen LogP contribution < -0.4 is 10.6 Å². The van der Waals surface area contributed by atoms with Crippen LogP contribution in [0.1, 0.15) is 29.2 Å². The van der Waals surface area contributed by atoms with Crippen LogP contribution in [-0.4, -0.2) is 22.1 Å². The number of halogens is 1. The van der Waals surface area contributed by atoms with Crippen molar-refractivity contribution in [3.63, 3.8) is 0 Å². The lowest BCUT2D eigenvalue weighted by molar-refractivity contribution is 0.616. The van der Waals surface area contributed by atoms with Gasteiger partial charge < -0.3 is 15.2 Å². The number of nitrogens with zero attached hydrogens (tertiary/aromatic N) is 3. The third kappa shape index (κ3) is 5.67. The van der Waals surface area contributed by atoms with E-state index in [1.807, 2.05) is 30.1 Å². The van der Waals surface area contributed by atoms with Gasteiger partial charge in [-0.15, -0.1) is 0 Å². The molecule has 1 aromatic heterocycles. The van der Waals surface area contributed by atoms with Crippen molar-refractivity contribution < 1.29 is 4.39 Å². The number of aromatic nitrogens is 2. The van der Waals surface area contributed by atoms with Gasteiger partial charge in [-0.3, -0.25) is 0 Å². The minimum atomic E-state index is -0.193. The second-order valence-electron chi connectivity index (χ2n) is 6.68. The van der Waals surface area contributed by atoms with Crippen molar-refractivity contribution in [2.24, 2.45) is 4.99 Å².